The number of benzene rings is 2. The fourth-order valence-electron chi connectivity index (χ4n) is 3.36. The lowest BCUT2D eigenvalue weighted by atomic mass is 10.1. The largest absolute Gasteiger partial charge is 0.326 e. The van der Waals surface area contributed by atoms with Gasteiger partial charge in [-0.3, -0.25) is 14.9 Å². The minimum atomic E-state index is -0.296. The van der Waals surface area contributed by atoms with Crippen LogP contribution < -0.4 is 10.6 Å². The van der Waals surface area contributed by atoms with E-state index >= 15 is 0 Å². The number of hydrogen-bond acceptors (Lipinski definition) is 4. The number of thiazole rings is 1. The van der Waals surface area contributed by atoms with Gasteiger partial charge in [0, 0.05) is 20.6 Å². The molecule has 7 heteroatoms. The molecule has 0 bridgehead atoms. The molecule has 3 aromatic rings. The number of fused-ring (bicyclic) bond motifs is 1. The number of aromatic nitrogens is 1. The van der Waals surface area contributed by atoms with E-state index in [4.69, 9.17) is 0 Å². The summed E-state index contributed by atoms with van der Waals surface area (Å²) in [5.74, 6) is -0.550. The zero-order valence-electron chi connectivity index (χ0n) is 16.1. The molecule has 1 unspecified atom stereocenters. The minimum absolute atomic E-state index is 0.0628. The zero-order valence-corrected chi connectivity index (χ0v) is 18.5. The fourth-order valence-corrected chi connectivity index (χ4v) is 4.64. The first kappa shape index (κ1) is 19.8. The summed E-state index contributed by atoms with van der Waals surface area (Å²) in [7, 11) is 0. The second-order valence-electron chi connectivity index (χ2n) is 7.19. The van der Waals surface area contributed by atoms with Crippen LogP contribution in [0.5, 0.6) is 0 Å². The maximum Gasteiger partial charge on any atom is 0.257 e. The molecule has 5 nitrogen and oxygen atoms in total. The number of rotatable bonds is 4. The number of nitrogens with zero attached hydrogens (tertiary/aromatic N) is 1. The van der Waals surface area contributed by atoms with Gasteiger partial charge in [-0.2, -0.15) is 0 Å². The number of hydrogen-bond donors (Lipinski definition) is 2. The number of halogens is 1. The first-order chi connectivity index (χ1) is 13.9. The first-order valence-corrected chi connectivity index (χ1v) is 11.0. The summed E-state index contributed by atoms with van der Waals surface area (Å²) in [5, 5.41) is 6.39. The van der Waals surface area contributed by atoms with Crippen molar-refractivity contribution in [3.63, 3.8) is 0 Å². The van der Waals surface area contributed by atoms with E-state index in [0.717, 1.165) is 44.7 Å². The third-order valence-corrected chi connectivity index (χ3v) is 6.93. The molecule has 0 radical (unpaired) electrons. The van der Waals surface area contributed by atoms with Crippen LogP contribution in [0.3, 0.4) is 0 Å². The van der Waals surface area contributed by atoms with E-state index in [0.29, 0.717) is 10.7 Å². The van der Waals surface area contributed by atoms with E-state index in [1.165, 1.54) is 11.3 Å². The molecule has 0 fully saturated rings. The van der Waals surface area contributed by atoms with E-state index in [9.17, 15) is 9.59 Å². The second-order valence-corrected chi connectivity index (χ2v) is 9.13. The van der Waals surface area contributed by atoms with Gasteiger partial charge in [-0.15, -0.1) is 11.3 Å². The maximum atomic E-state index is 12.8. The summed E-state index contributed by atoms with van der Waals surface area (Å²) in [6, 6.07) is 13.1. The molecule has 4 rings (SSSR count). The fraction of sp³-hybridized carbons (Fsp3) is 0.227. The molecule has 1 aliphatic carbocycles. The Morgan fingerprint density at radius 3 is 2.59 bits per heavy atom. The second kappa shape index (κ2) is 8.08. The van der Waals surface area contributed by atoms with E-state index in [-0.39, 0.29) is 17.7 Å². The van der Waals surface area contributed by atoms with Crippen molar-refractivity contribution in [3.8, 4) is 0 Å². The topological polar surface area (TPSA) is 71.1 Å². The summed E-state index contributed by atoms with van der Waals surface area (Å²) in [4.78, 5) is 30.9. The van der Waals surface area contributed by atoms with Crippen molar-refractivity contribution in [2.45, 2.75) is 32.6 Å². The van der Waals surface area contributed by atoms with Crippen molar-refractivity contribution in [1.29, 1.82) is 0 Å². The Hall–Kier alpha value is -2.51. The lowest BCUT2D eigenvalue weighted by Gasteiger charge is -2.12. The number of aryl methyl sites for hydroxylation is 3. The summed E-state index contributed by atoms with van der Waals surface area (Å²) in [6.07, 6.45) is 1.53. The average Bonchev–Trinajstić information content (AvgIpc) is 3.25. The van der Waals surface area contributed by atoms with Gasteiger partial charge in [0.15, 0.2) is 5.13 Å². The van der Waals surface area contributed by atoms with Crippen molar-refractivity contribution < 1.29 is 9.59 Å². The molecule has 2 amide bonds. The number of anilines is 2. The van der Waals surface area contributed by atoms with E-state index in [1.54, 1.807) is 12.1 Å². The van der Waals surface area contributed by atoms with Gasteiger partial charge in [-0.1, -0.05) is 33.6 Å². The van der Waals surface area contributed by atoms with Crippen molar-refractivity contribution >= 4 is 49.9 Å². The predicted molar refractivity (Wildman–Crippen MR) is 120 cm³/mol. The Kier molecular flexibility index (Phi) is 5.52. The van der Waals surface area contributed by atoms with Gasteiger partial charge in [0.1, 0.15) is 0 Å². The normalized spacial score (nSPS) is 15.1. The molecule has 1 atom stereocenters. The van der Waals surface area contributed by atoms with E-state index < -0.39 is 0 Å². The van der Waals surface area contributed by atoms with Crippen LogP contribution >= 0.6 is 27.3 Å². The summed E-state index contributed by atoms with van der Waals surface area (Å²) < 4.78 is 1.01. The highest BCUT2D eigenvalue weighted by atomic mass is 79.9. The first-order valence-electron chi connectivity index (χ1n) is 9.35. The molecule has 1 heterocycles. The third-order valence-electron chi connectivity index (χ3n) is 4.99. The summed E-state index contributed by atoms with van der Waals surface area (Å²) in [6.45, 7) is 3.96. The van der Waals surface area contributed by atoms with Crippen molar-refractivity contribution in [2.24, 2.45) is 0 Å². The number of carbonyl (C=O) groups is 2. The van der Waals surface area contributed by atoms with Gasteiger partial charge in [0.05, 0.1) is 11.6 Å². The van der Waals surface area contributed by atoms with Crippen LogP contribution in [0.25, 0.3) is 0 Å². The lowest BCUT2D eigenvalue weighted by molar-refractivity contribution is -0.117. The third kappa shape index (κ3) is 4.26. The molecule has 2 aromatic carbocycles. The Bertz CT molecular complexity index is 1090. The highest BCUT2D eigenvalue weighted by molar-refractivity contribution is 9.10. The van der Waals surface area contributed by atoms with Crippen molar-refractivity contribution in [3.05, 3.63) is 74.2 Å². The van der Waals surface area contributed by atoms with Gasteiger partial charge in [-0.25, -0.2) is 4.98 Å². The number of amides is 2. The highest BCUT2D eigenvalue weighted by Gasteiger charge is 2.33. The van der Waals surface area contributed by atoms with Crippen molar-refractivity contribution in [2.75, 3.05) is 10.6 Å². The van der Waals surface area contributed by atoms with Crippen LogP contribution in [-0.4, -0.2) is 16.8 Å². The van der Waals surface area contributed by atoms with Crippen LogP contribution in [0.15, 0.2) is 46.9 Å². The summed E-state index contributed by atoms with van der Waals surface area (Å²) >= 11 is 4.92. The molecule has 0 spiro atoms. The van der Waals surface area contributed by atoms with Crippen LogP contribution in [0.2, 0.25) is 0 Å². The van der Waals surface area contributed by atoms with Gasteiger partial charge in [-0.05, 0) is 62.6 Å². The molecular weight excluding hydrogens is 450 g/mol. The standard InChI is InChI=1S/C22H20BrN3O2S/c1-12-3-5-14(6-4-12)20(27)26-22-25-19-16(8-10-18(19)29-22)21(28)24-15-7-9-17(23)13(2)11-15/h3-7,9,11,16H,8,10H2,1-2H3,(H,24,28)(H,25,26,27). The minimum Gasteiger partial charge on any atom is -0.326 e. The van der Waals surface area contributed by atoms with E-state index in [2.05, 4.69) is 31.5 Å². The number of nitrogens with one attached hydrogen (secondary N) is 2. The monoisotopic (exact) mass is 469 g/mol. The Labute approximate surface area is 181 Å². The molecule has 1 aliphatic rings. The molecule has 29 heavy (non-hydrogen) atoms. The maximum absolute atomic E-state index is 12.8. The quantitative estimate of drug-likeness (QED) is 0.533. The average molecular weight is 470 g/mol. The highest BCUT2D eigenvalue weighted by Crippen LogP contribution is 2.39. The Morgan fingerprint density at radius 2 is 1.86 bits per heavy atom. The zero-order chi connectivity index (χ0) is 20.5. The van der Waals surface area contributed by atoms with Gasteiger partial charge in [0.2, 0.25) is 5.91 Å². The molecule has 0 aliphatic heterocycles. The molecule has 2 N–H and O–H groups in total. The predicted octanol–water partition coefficient (Wildman–Crippen LogP) is 5.44. The SMILES string of the molecule is Cc1ccc(C(=O)Nc2nc3c(s2)CCC3C(=O)Nc2ccc(Br)c(C)c2)cc1. The smallest absolute Gasteiger partial charge is 0.257 e. The van der Waals surface area contributed by atoms with Gasteiger partial charge in [0.25, 0.3) is 5.91 Å². The van der Waals surface area contributed by atoms with E-state index in [1.807, 2.05) is 44.2 Å². The Balaban J connectivity index is 1.46. The summed E-state index contributed by atoms with van der Waals surface area (Å²) in [5.41, 5.74) is 4.30. The van der Waals surface area contributed by atoms with Crippen LogP contribution in [0, 0.1) is 13.8 Å². The van der Waals surface area contributed by atoms with Crippen LogP contribution in [0.1, 0.15) is 44.4 Å². The Morgan fingerprint density at radius 1 is 1.10 bits per heavy atom. The van der Waals surface area contributed by atoms with Crippen LogP contribution in [0.4, 0.5) is 10.8 Å². The molecule has 1 aromatic heterocycles. The molecule has 0 saturated carbocycles. The van der Waals surface area contributed by atoms with Gasteiger partial charge >= 0.3 is 0 Å². The lowest BCUT2D eigenvalue weighted by Crippen LogP contribution is -2.20. The molecule has 148 valence electrons. The van der Waals surface area contributed by atoms with Crippen molar-refractivity contribution in [1.82, 2.24) is 4.98 Å². The molecule has 0 saturated heterocycles. The number of carbonyl (C=O) groups excluding carboxylic acids is 2. The van der Waals surface area contributed by atoms with Crippen LogP contribution in [-0.2, 0) is 11.2 Å². The van der Waals surface area contributed by atoms with Gasteiger partial charge < -0.3 is 5.32 Å². The molecular formula is C22H20BrN3O2S.